The molecule has 0 fully saturated rings. The van der Waals surface area contributed by atoms with Crippen molar-refractivity contribution >= 4 is 5.97 Å². The highest BCUT2D eigenvalue weighted by atomic mass is 16.4. The highest BCUT2D eigenvalue weighted by Gasteiger charge is 2.18. The van der Waals surface area contributed by atoms with Crippen LogP contribution in [0.4, 0.5) is 0 Å². The highest BCUT2D eigenvalue weighted by molar-refractivity contribution is 5.87. The van der Waals surface area contributed by atoms with E-state index < -0.39 is 5.97 Å². The van der Waals surface area contributed by atoms with E-state index in [1.54, 1.807) is 6.07 Å². The molecule has 19 heavy (non-hydrogen) atoms. The minimum Gasteiger partial charge on any atom is -0.477 e. The molecule has 98 valence electrons. The lowest BCUT2D eigenvalue weighted by molar-refractivity contribution is 0.0690. The first kappa shape index (κ1) is 12.0. The van der Waals surface area contributed by atoms with E-state index in [0.29, 0.717) is 0 Å². The first-order valence-corrected chi connectivity index (χ1v) is 6.57. The lowest BCUT2D eigenvalue weighted by Gasteiger charge is -2.20. The Kier molecular flexibility index (Phi) is 2.85. The SMILES string of the molecule is Cc1ccc(-c2cc(C(=O)O)[nH]n2)c2c1CCCC2. The van der Waals surface area contributed by atoms with Gasteiger partial charge in [-0.25, -0.2) is 4.79 Å². The summed E-state index contributed by atoms with van der Waals surface area (Å²) in [7, 11) is 0. The maximum absolute atomic E-state index is 10.9. The van der Waals surface area contributed by atoms with E-state index in [9.17, 15) is 4.79 Å². The molecule has 1 aromatic carbocycles. The molecule has 0 spiro atoms. The predicted octanol–water partition coefficient (Wildman–Crippen LogP) is 2.96. The van der Waals surface area contributed by atoms with Gasteiger partial charge in [0.25, 0.3) is 0 Å². The first-order chi connectivity index (χ1) is 9.16. The maximum atomic E-state index is 10.9. The maximum Gasteiger partial charge on any atom is 0.353 e. The van der Waals surface area contributed by atoms with Crippen molar-refractivity contribution in [3.63, 3.8) is 0 Å². The van der Waals surface area contributed by atoms with Gasteiger partial charge in [0.05, 0.1) is 5.69 Å². The van der Waals surface area contributed by atoms with Crippen LogP contribution >= 0.6 is 0 Å². The molecule has 0 unspecified atom stereocenters. The third-order valence-electron chi connectivity index (χ3n) is 3.85. The molecule has 2 N–H and O–H groups in total. The highest BCUT2D eigenvalue weighted by Crippen LogP contribution is 2.32. The van der Waals surface area contributed by atoms with E-state index in [1.807, 2.05) is 0 Å². The molecule has 1 aliphatic carbocycles. The molecule has 1 aliphatic rings. The summed E-state index contributed by atoms with van der Waals surface area (Å²) in [6.07, 6.45) is 4.60. The normalized spacial score (nSPS) is 14.2. The van der Waals surface area contributed by atoms with Gasteiger partial charge in [0, 0.05) is 5.56 Å². The molecule has 4 heteroatoms. The van der Waals surface area contributed by atoms with Gasteiger partial charge < -0.3 is 5.11 Å². The Hall–Kier alpha value is -2.10. The number of aromatic nitrogens is 2. The molecule has 4 nitrogen and oxygen atoms in total. The number of aromatic carboxylic acids is 1. The zero-order chi connectivity index (χ0) is 13.4. The van der Waals surface area contributed by atoms with Crippen molar-refractivity contribution in [2.45, 2.75) is 32.6 Å². The summed E-state index contributed by atoms with van der Waals surface area (Å²) < 4.78 is 0. The van der Waals surface area contributed by atoms with Crippen molar-refractivity contribution < 1.29 is 9.90 Å². The Bertz CT molecular complexity index is 644. The second-order valence-corrected chi connectivity index (χ2v) is 5.07. The van der Waals surface area contributed by atoms with Gasteiger partial charge in [0.1, 0.15) is 5.69 Å². The summed E-state index contributed by atoms with van der Waals surface area (Å²) >= 11 is 0. The molecule has 0 amide bonds. The second-order valence-electron chi connectivity index (χ2n) is 5.07. The second kappa shape index (κ2) is 4.53. The monoisotopic (exact) mass is 256 g/mol. The van der Waals surface area contributed by atoms with Crippen LogP contribution in [0.1, 0.15) is 40.0 Å². The smallest absolute Gasteiger partial charge is 0.353 e. The minimum absolute atomic E-state index is 0.139. The Balaban J connectivity index is 2.11. The van der Waals surface area contributed by atoms with Crippen LogP contribution in [-0.4, -0.2) is 21.3 Å². The van der Waals surface area contributed by atoms with Crippen LogP contribution in [0.25, 0.3) is 11.3 Å². The number of carboxylic acid groups (broad SMARTS) is 1. The summed E-state index contributed by atoms with van der Waals surface area (Å²) in [6, 6.07) is 5.78. The number of nitrogens with one attached hydrogen (secondary N) is 1. The van der Waals surface area contributed by atoms with Crippen LogP contribution in [0.3, 0.4) is 0 Å². The standard InChI is InChI=1S/C15H16N2O2/c1-9-6-7-12(11-5-3-2-4-10(9)11)13-8-14(15(18)19)17-16-13/h6-8H,2-5H2,1H3,(H,16,17)(H,18,19). The van der Waals surface area contributed by atoms with Crippen molar-refractivity contribution in [3.05, 3.63) is 40.6 Å². The number of H-pyrrole nitrogens is 1. The topological polar surface area (TPSA) is 66.0 Å². The summed E-state index contributed by atoms with van der Waals surface area (Å²) in [5.74, 6) is -0.972. The fraction of sp³-hybridized carbons (Fsp3) is 0.333. The Labute approximate surface area is 111 Å². The molecule has 3 rings (SSSR count). The Morgan fingerprint density at radius 1 is 1.26 bits per heavy atom. The molecule has 1 aromatic heterocycles. The molecule has 0 saturated carbocycles. The van der Waals surface area contributed by atoms with Crippen LogP contribution in [-0.2, 0) is 12.8 Å². The summed E-state index contributed by atoms with van der Waals surface area (Å²) in [6.45, 7) is 2.14. The van der Waals surface area contributed by atoms with Crippen molar-refractivity contribution in [2.24, 2.45) is 0 Å². The summed E-state index contributed by atoms with van der Waals surface area (Å²) in [5, 5.41) is 15.7. The van der Waals surface area contributed by atoms with Gasteiger partial charge in [-0.2, -0.15) is 5.10 Å². The van der Waals surface area contributed by atoms with Crippen LogP contribution in [0.2, 0.25) is 0 Å². The largest absolute Gasteiger partial charge is 0.477 e. The number of hydrogen-bond donors (Lipinski definition) is 2. The number of benzene rings is 1. The van der Waals surface area contributed by atoms with Gasteiger partial charge in [0.2, 0.25) is 0 Å². The summed E-state index contributed by atoms with van der Waals surface area (Å²) in [4.78, 5) is 10.9. The van der Waals surface area contributed by atoms with Crippen molar-refractivity contribution in [2.75, 3.05) is 0 Å². The average Bonchev–Trinajstić information content (AvgIpc) is 2.89. The Morgan fingerprint density at radius 3 is 2.68 bits per heavy atom. The number of rotatable bonds is 2. The predicted molar refractivity (Wildman–Crippen MR) is 72.4 cm³/mol. The van der Waals surface area contributed by atoms with Crippen molar-refractivity contribution in [1.29, 1.82) is 0 Å². The van der Waals surface area contributed by atoms with E-state index in [2.05, 4.69) is 29.3 Å². The molecular formula is C15H16N2O2. The van der Waals surface area contributed by atoms with E-state index >= 15 is 0 Å². The molecule has 2 aromatic rings. The molecule has 0 bridgehead atoms. The molecule has 0 saturated heterocycles. The van der Waals surface area contributed by atoms with Crippen molar-refractivity contribution in [1.82, 2.24) is 10.2 Å². The molecule has 0 aliphatic heterocycles. The van der Waals surface area contributed by atoms with Crippen LogP contribution in [0.15, 0.2) is 18.2 Å². The number of hydrogen-bond acceptors (Lipinski definition) is 2. The minimum atomic E-state index is -0.972. The van der Waals surface area contributed by atoms with Gasteiger partial charge in [-0.05, 0) is 55.4 Å². The fourth-order valence-electron chi connectivity index (χ4n) is 2.86. The quantitative estimate of drug-likeness (QED) is 0.868. The number of aromatic amines is 1. The third kappa shape index (κ3) is 2.03. The summed E-state index contributed by atoms with van der Waals surface area (Å²) in [5.41, 5.74) is 6.03. The third-order valence-corrected chi connectivity index (χ3v) is 3.85. The average molecular weight is 256 g/mol. The van der Waals surface area contributed by atoms with Gasteiger partial charge in [-0.15, -0.1) is 0 Å². The lowest BCUT2D eigenvalue weighted by atomic mass is 9.84. The molecule has 0 atom stereocenters. The number of nitrogens with zero attached hydrogens (tertiary/aromatic N) is 1. The molecule has 1 heterocycles. The first-order valence-electron chi connectivity index (χ1n) is 6.57. The molecular weight excluding hydrogens is 240 g/mol. The van der Waals surface area contributed by atoms with E-state index in [0.717, 1.165) is 24.1 Å². The van der Waals surface area contributed by atoms with Gasteiger partial charge in [-0.1, -0.05) is 12.1 Å². The van der Waals surface area contributed by atoms with Crippen LogP contribution in [0, 0.1) is 6.92 Å². The number of carbonyl (C=O) groups is 1. The van der Waals surface area contributed by atoms with Crippen LogP contribution in [0.5, 0.6) is 0 Å². The number of aryl methyl sites for hydroxylation is 1. The van der Waals surface area contributed by atoms with E-state index in [1.165, 1.54) is 29.5 Å². The number of fused-ring (bicyclic) bond motifs is 1. The lowest BCUT2D eigenvalue weighted by Crippen LogP contribution is -2.06. The van der Waals surface area contributed by atoms with E-state index in [4.69, 9.17) is 5.11 Å². The van der Waals surface area contributed by atoms with Crippen molar-refractivity contribution in [3.8, 4) is 11.3 Å². The van der Waals surface area contributed by atoms with E-state index in [-0.39, 0.29) is 5.69 Å². The Morgan fingerprint density at radius 2 is 2.00 bits per heavy atom. The fourth-order valence-corrected chi connectivity index (χ4v) is 2.86. The zero-order valence-corrected chi connectivity index (χ0v) is 10.9. The molecule has 0 radical (unpaired) electrons. The number of carboxylic acids is 1. The van der Waals surface area contributed by atoms with Gasteiger partial charge >= 0.3 is 5.97 Å². The van der Waals surface area contributed by atoms with Crippen LogP contribution < -0.4 is 0 Å². The van der Waals surface area contributed by atoms with Gasteiger partial charge in [-0.3, -0.25) is 5.10 Å². The zero-order valence-electron chi connectivity index (χ0n) is 10.9. The van der Waals surface area contributed by atoms with Gasteiger partial charge in [0.15, 0.2) is 0 Å².